The minimum atomic E-state index is -0.242. The number of amides is 2. The van der Waals surface area contributed by atoms with Crippen LogP contribution in [0.3, 0.4) is 0 Å². The van der Waals surface area contributed by atoms with Crippen molar-refractivity contribution in [2.45, 2.75) is 26.8 Å². The van der Waals surface area contributed by atoms with Crippen molar-refractivity contribution in [3.63, 3.8) is 0 Å². The van der Waals surface area contributed by atoms with Gasteiger partial charge in [0.25, 0.3) is 0 Å². The Morgan fingerprint density at radius 2 is 1.57 bits per heavy atom. The minimum absolute atomic E-state index is 0.0670. The Kier molecular flexibility index (Phi) is 7.38. The van der Waals surface area contributed by atoms with Crippen LogP contribution in [-0.2, 0) is 9.59 Å². The summed E-state index contributed by atoms with van der Waals surface area (Å²) in [7, 11) is 0. The largest absolute Gasteiger partial charge is 0.346 e. The molecular weight excluding hydrogens is 394 g/mol. The molecule has 5 nitrogen and oxygen atoms in total. The molecule has 30 heavy (non-hydrogen) atoms. The van der Waals surface area contributed by atoms with E-state index in [0.29, 0.717) is 0 Å². The average Bonchev–Trinajstić information content (AvgIpc) is 3.25. The Bertz CT molecular complexity index is 978. The molecule has 0 spiro atoms. The number of hydrogen-bond donors (Lipinski definition) is 3. The van der Waals surface area contributed by atoms with Crippen LogP contribution in [0.25, 0.3) is 0 Å². The van der Waals surface area contributed by atoms with Crippen molar-refractivity contribution in [3.8, 4) is 0 Å². The number of carbonyl (C=O) groups excluding carboxylic acids is 2. The fourth-order valence-corrected chi connectivity index (χ4v) is 4.06. The van der Waals surface area contributed by atoms with E-state index >= 15 is 0 Å². The van der Waals surface area contributed by atoms with Crippen molar-refractivity contribution in [1.82, 2.24) is 10.6 Å². The third-order valence-corrected chi connectivity index (χ3v) is 5.83. The van der Waals surface area contributed by atoms with Gasteiger partial charge >= 0.3 is 0 Å². The number of carbonyl (C=O) groups is 2. The zero-order chi connectivity index (χ0) is 21.5. The van der Waals surface area contributed by atoms with E-state index in [2.05, 4.69) is 46.3 Å². The molecule has 0 fully saturated rings. The van der Waals surface area contributed by atoms with Crippen LogP contribution in [0.5, 0.6) is 0 Å². The normalized spacial score (nSPS) is 11.7. The quantitative estimate of drug-likeness (QED) is 0.513. The molecule has 1 heterocycles. The van der Waals surface area contributed by atoms with Gasteiger partial charge in [0.2, 0.25) is 11.8 Å². The second-order valence-corrected chi connectivity index (χ2v) is 8.31. The van der Waals surface area contributed by atoms with E-state index in [1.54, 1.807) is 11.3 Å². The van der Waals surface area contributed by atoms with E-state index < -0.39 is 0 Å². The van der Waals surface area contributed by atoms with E-state index in [0.717, 1.165) is 27.3 Å². The molecule has 0 saturated carbocycles. The van der Waals surface area contributed by atoms with Crippen LogP contribution >= 0.6 is 11.3 Å². The molecule has 3 rings (SSSR count). The van der Waals surface area contributed by atoms with Crippen LogP contribution in [0.15, 0.2) is 60.0 Å². The van der Waals surface area contributed by atoms with E-state index in [4.69, 9.17) is 0 Å². The Hall–Kier alpha value is -2.96. The Labute approximate surface area is 181 Å². The summed E-state index contributed by atoms with van der Waals surface area (Å²) >= 11 is 1.65. The number of aryl methyl sites for hydroxylation is 3. The van der Waals surface area contributed by atoms with Gasteiger partial charge in [0.05, 0.1) is 19.1 Å². The van der Waals surface area contributed by atoms with E-state index in [1.165, 1.54) is 5.56 Å². The lowest BCUT2D eigenvalue weighted by molar-refractivity contribution is -0.123. The van der Waals surface area contributed by atoms with Gasteiger partial charge in [0.1, 0.15) is 0 Å². The lowest BCUT2D eigenvalue weighted by Gasteiger charge is -2.18. The predicted octanol–water partition coefficient (Wildman–Crippen LogP) is 4.11. The topological polar surface area (TPSA) is 70.2 Å². The number of para-hydroxylation sites is 1. The van der Waals surface area contributed by atoms with Crippen molar-refractivity contribution in [3.05, 3.63) is 87.1 Å². The number of rotatable bonds is 8. The predicted molar refractivity (Wildman–Crippen MR) is 123 cm³/mol. The molecule has 156 valence electrons. The number of hydrogen-bond acceptors (Lipinski definition) is 4. The van der Waals surface area contributed by atoms with Gasteiger partial charge in [-0.2, -0.15) is 0 Å². The fraction of sp³-hybridized carbons (Fsp3) is 0.250. The molecule has 0 aliphatic rings. The summed E-state index contributed by atoms with van der Waals surface area (Å²) in [5.41, 5.74) is 5.08. The number of benzene rings is 2. The highest BCUT2D eigenvalue weighted by molar-refractivity contribution is 7.10. The minimum Gasteiger partial charge on any atom is -0.346 e. The maximum Gasteiger partial charge on any atom is 0.243 e. The van der Waals surface area contributed by atoms with E-state index in [-0.39, 0.29) is 30.9 Å². The maximum atomic E-state index is 12.3. The lowest BCUT2D eigenvalue weighted by atomic mass is 10.0. The molecule has 6 heteroatoms. The second-order valence-electron chi connectivity index (χ2n) is 7.33. The summed E-state index contributed by atoms with van der Waals surface area (Å²) < 4.78 is 0. The highest BCUT2D eigenvalue weighted by Crippen LogP contribution is 2.26. The van der Waals surface area contributed by atoms with E-state index in [1.807, 2.05) is 50.4 Å². The van der Waals surface area contributed by atoms with Gasteiger partial charge < -0.3 is 10.6 Å². The summed E-state index contributed by atoms with van der Waals surface area (Å²) in [6.07, 6.45) is 0. The number of thiophene rings is 1. The van der Waals surface area contributed by atoms with Crippen molar-refractivity contribution < 1.29 is 9.59 Å². The van der Waals surface area contributed by atoms with Crippen molar-refractivity contribution in [1.29, 1.82) is 0 Å². The molecule has 0 unspecified atom stereocenters. The highest BCUT2D eigenvalue weighted by atomic mass is 32.1. The van der Waals surface area contributed by atoms with Gasteiger partial charge in [0.15, 0.2) is 0 Å². The standard InChI is InChI=1S/C24H27N3O2S/c1-16-9-11-19(12-10-16)24(20-8-5-13-30-20)26-14-21(28)25-15-22(29)27-23-17(2)6-4-7-18(23)3/h4-13,24,26H,14-15H2,1-3H3,(H,25,28)(H,27,29)/t24-/m0/s1. The summed E-state index contributed by atoms with van der Waals surface area (Å²) in [6, 6.07) is 18.1. The maximum absolute atomic E-state index is 12.3. The molecule has 2 aromatic carbocycles. The molecule has 2 amide bonds. The van der Waals surface area contributed by atoms with Crippen LogP contribution in [0.4, 0.5) is 5.69 Å². The smallest absolute Gasteiger partial charge is 0.243 e. The summed E-state index contributed by atoms with van der Waals surface area (Å²) in [5, 5.41) is 10.9. The number of nitrogens with one attached hydrogen (secondary N) is 3. The molecule has 0 aliphatic carbocycles. The van der Waals surface area contributed by atoms with Gasteiger partial charge in [-0.1, -0.05) is 54.1 Å². The molecule has 3 aromatic rings. The van der Waals surface area contributed by atoms with E-state index in [9.17, 15) is 9.59 Å². The van der Waals surface area contributed by atoms with Crippen molar-refractivity contribution >= 4 is 28.8 Å². The monoisotopic (exact) mass is 421 g/mol. The first kappa shape index (κ1) is 21.7. The first-order chi connectivity index (χ1) is 14.4. The third-order valence-electron chi connectivity index (χ3n) is 4.90. The number of anilines is 1. The third kappa shape index (κ3) is 5.78. The molecule has 0 bridgehead atoms. The highest BCUT2D eigenvalue weighted by Gasteiger charge is 2.16. The average molecular weight is 422 g/mol. The van der Waals surface area contributed by atoms with Crippen LogP contribution in [0, 0.1) is 20.8 Å². The van der Waals surface area contributed by atoms with Crippen LogP contribution < -0.4 is 16.0 Å². The Balaban J connectivity index is 1.54. The fourth-order valence-electron chi connectivity index (χ4n) is 3.23. The Morgan fingerprint density at radius 3 is 2.20 bits per heavy atom. The summed E-state index contributed by atoms with van der Waals surface area (Å²) in [6.45, 7) is 5.99. The van der Waals surface area contributed by atoms with Gasteiger partial charge in [-0.3, -0.25) is 14.9 Å². The van der Waals surface area contributed by atoms with Crippen molar-refractivity contribution in [2.24, 2.45) is 0 Å². The molecular formula is C24H27N3O2S. The zero-order valence-electron chi connectivity index (χ0n) is 17.5. The molecule has 3 N–H and O–H groups in total. The Morgan fingerprint density at radius 1 is 0.867 bits per heavy atom. The zero-order valence-corrected chi connectivity index (χ0v) is 18.3. The summed E-state index contributed by atoms with van der Waals surface area (Å²) in [4.78, 5) is 25.7. The first-order valence-corrected chi connectivity index (χ1v) is 10.8. The van der Waals surface area contributed by atoms with Gasteiger partial charge in [0, 0.05) is 10.6 Å². The lowest BCUT2D eigenvalue weighted by Crippen LogP contribution is -2.39. The van der Waals surface area contributed by atoms with Crippen LogP contribution in [-0.4, -0.2) is 24.9 Å². The molecule has 1 aromatic heterocycles. The SMILES string of the molecule is Cc1ccc([C@H](NCC(=O)NCC(=O)Nc2c(C)cccc2C)c2cccs2)cc1. The molecule has 0 saturated heterocycles. The summed E-state index contributed by atoms with van der Waals surface area (Å²) in [5.74, 6) is -0.464. The molecule has 0 radical (unpaired) electrons. The van der Waals surface area contributed by atoms with Gasteiger partial charge in [-0.15, -0.1) is 11.3 Å². The van der Waals surface area contributed by atoms with Crippen LogP contribution in [0.2, 0.25) is 0 Å². The molecule has 0 aliphatic heterocycles. The van der Waals surface area contributed by atoms with Crippen molar-refractivity contribution in [2.75, 3.05) is 18.4 Å². The van der Waals surface area contributed by atoms with Gasteiger partial charge in [-0.25, -0.2) is 0 Å². The van der Waals surface area contributed by atoms with Crippen LogP contribution in [0.1, 0.15) is 33.2 Å². The first-order valence-electron chi connectivity index (χ1n) is 9.90. The van der Waals surface area contributed by atoms with Gasteiger partial charge in [-0.05, 0) is 48.9 Å². The second kappa shape index (κ2) is 10.2. The molecule has 1 atom stereocenters.